The molecule has 0 atom stereocenters. The molecule has 1 nitrogen and oxygen atoms in total. The molecular weight excluding hydrogens is 369 g/mol. The van der Waals surface area contributed by atoms with Gasteiger partial charge in [0.15, 0.2) is 0 Å². The second kappa shape index (κ2) is 6.46. The minimum Gasteiger partial charge on any atom is -0.533 e. The Hall–Kier alpha value is -1.02. The maximum Gasteiger partial charge on any atom is 0.0115 e. The molecule has 0 amide bonds. The fraction of sp³-hybridized carbons (Fsp3) is 0. The standard InChI is InChI=1S/C12H9O.CH3.Au/c13-12-9-5-4-8-11(12)10-6-2-1-3-7-10;;/h1-8,13H;1H3;/q2*-1;. The molecule has 15 heavy (non-hydrogen) atoms. The second-order valence-corrected chi connectivity index (χ2v) is 2.80. The molecule has 2 aromatic carbocycles. The normalized spacial score (nSPS) is 8.53. The summed E-state index contributed by atoms with van der Waals surface area (Å²) >= 11 is 0. The van der Waals surface area contributed by atoms with Gasteiger partial charge in [-0.1, -0.05) is 41.5 Å². The first-order valence-corrected chi connectivity index (χ1v) is 4.13. The zero-order valence-electron chi connectivity index (χ0n) is 8.37. The van der Waals surface area contributed by atoms with Crippen LogP contribution in [-0.2, 0) is 22.4 Å². The number of aromatic hydroxyl groups is 1. The van der Waals surface area contributed by atoms with Gasteiger partial charge in [-0.15, -0.1) is 6.07 Å². The summed E-state index contributed by atoms with van der Waals surface area (Å²) in [6, 6.07) is 18.0. The molecule has 0 saturated carbocycles. The van der Waals surface area contributed by atoms with Gasteiger partial charge in [0.1, 0.15) is 0 Å². The summed E-state index contributed by atoms with van der Waals surface area (Å²) in [5.41, 5.74) is 1.83. The van der Waals surface area contributed by atoms with Crippen LogP contribution in [0.5, 0.6) is 5.75 Å². The van der Waals surface area contributed by atoms with Gasteiger partial charge in [0.2, 0.25) is 0 Å². The molecular formula is C13H12AuO-2. The van der Waals surface area contributed by atoms with E-state index in [1.165, 1.54) is 0 Å². The second-order valence-electron chi connectivity index (χ2n) is 2.80. The van der Waals surface area contributed by atoms with Gasteiger partial charge >= 0.3 is 0 Å². The molecule has 0 bridgehead atoms. The van der Waals surface area contributed by atoms with Crippen LogP contribution in [0.1, 0.15) is 0 Å². The molecule has 1 radical (unpaired) electrons. The average Bonchev–Trinajstić information content (AvgIpc) is 2.20. The van der Waals surface area contributed by atoms with Crippen LogP contribution < -0.4 is 0 Å². The first-order valence-electron chi connectivity index (χ1n) is 4.13. The van der Waals surface area contributed by atoms with Crippen LogP contribution in [0.25, 0.3) is 11.1 Å². The third-order valence-corrected chi connectivity index (χ3v) is 1.92. The average molecular weight is 381 g/mol. The van der Waals surface area contributed by atoms with Gasteiger partial charge in [0, 0.05) is 28.1 Å². The Morgan fingerprint density at radius 2 is 1.60 bits per heavy atom. The van der Waals surface area contributed by atoms with Gasteiger partial charge in [-0.05, 0) is 0 Å². The fourth-order valence-corrected chi connectivity index (χ4v) is 1.28. The van der Waals surface area contributed by atoms with E-state index in [1.54, 1.807) is 6.07 Å². The molecule has 2 rings (SSSR count). The van der Waals surface area contributed by atoms with Crippen LogP contribution in [0.3, 0.4) is 0 Å². The zero-order chi connectivity index (χ0) is 9.10. The smallest absolute Gasteiger partial charge is 0.0115 e. The SMILES string of the molecule is Oc1[c-]cccc1-c1ccccc1.[Au].[CH3-]. The molecule has 83 valence electrons. The Morgan fingerprint density at radius 1 is 0.933 bits per heavy atom. The number of benzene rings is 2. The third-order valence-electron chi connectivity index (χ3n) is 1.92. The van der Waals surface area contributed by atoms with Crippen LogP contribution >= 0.6 is 0 Å². The van der Waals surface area contributed by atoms with E-state index in [9.17, 15) is 5.11 Å². The third kappa shape index (κ3) is 3.24. The summed E-state index contributed by atoms with van der Waals surface area (Å²) in [7, 11) is 0. The summed E-state index contributed by atoms with van der Waals surface area (Å²) in [5, 5.41) is 9.51. The van der Waals surface area contributed by atoms with Crippen molar-refractivity contribution in [1.29, 1.82) is 0 Å². The number of phenolic OH excluding ortho intramolecular Hbond substituents is 1. The quantitative estimate of drug-likeness (QED) is 0.594. The van der Waals surface area contributed by atoms with Crippen molar-refractivity contribution in [3.63, 3.8) is 0 Å². The van der Waals surface area contributed by atoms with Crippen molar-refractivity contribution in [3.05, 3.63) is 62.0 Å². The molecule has 2 heteroatoms. The number of hydrogen-bond acceptors (Lipinski definition) is 1. The number of rotatable bonds is 1. The summed E-state index contributed by atoms with van der Waals surface area (Å²) < 4.78 is 0. The maximum absolute atomic E-state index is 9.51. The van der Waals surface area contributed by atoms with E-state index >= 15 is 0 Å². The Balaban J connectivity index is 0.000000980. The van der Waals surface area contributed by atoms with E-state index in [0.29, 0.717) is 0 Å². The van der Waals surface area contributed by atoms with Crippen LogP contribution in [-0.4, -0.2) is 5.11 Å². The Kier molecular flexibility index (Phi) is 6.02. The number of para-hydroxylation sites is 1. The van der Waals surface area contributed by atoms with E-state index in [2.05, 4.69) is 6.07 Å². The van der Waals surface area contributed by atoms with Crippen LogP contribution in [0.2, 0.25) is 0 Å². The van der Waals surface area contributed by atoms with E-state index in [-0.39, 0.29) is 35.6 Å². The van der Waals surface area contributed by atoms with Crippen LogP contribution in [0.15, 0.2) is 48.5 Å². The first-order chi connectivity index (χ1) is 6.38. The van der Waals surface area contributed by atoms with Crippen molar-refractivity contribution in [1.82, 2.24) is 0 Å². The molecule has 0 fully saturated rings. The van der Waals surface area contributed by atoms with Gasteiger partial charge in [-0.25, -0.2) is 0 Å². The summed E-state index contributed by atoms with van der Waals surface area (Å²) in [6.07, 6.45) is 0. The van der Waals surface area contributed by atoms with Gasteiger partial charge in [0.25, 0.3) is 0 Å². The van der Waals surface area contributed by atoms with Gasteiger partial charge in [0.05, 0.1) is 0 Å². The molecule has 0 aromatic heterocycles. The first kappa shape index (κ1) is 14.0. The topological polar surface area (TPSA) is 20.2 Å². The number of phenols is 1. The van der Waals surface area contributed by atoms with E-state index in [4.69, 9.17) is 0 Å². The zero-order valence-corrected chi connectivity index (χ0v) is 10.5. The molecule has 2 aromatic rings. The van der Waals surface area contributed by atoms with E-state index in [0.717, 1.165) is 11.1 Å². The van der Waals surface area contributed by atoms with E-state index in [1.807, 2.05) is 42.5 Å². The maximum atomic E-state index is 9.51. The molecule has 0 spiro atoms. The minimum atomic E-state index is 0. The van der Waals surface area contributed by atoms with Crippen molar-refractivity contribution in [2.45, 2.75) is 0 Å². The van der Waals surface area contributed by atoms with Gasteiger partial charge in [-0.2, -0.15) is 18.2 Å². The van der Waals surface area contributed by atoms with Gasteiger partial charge in [-0.3, -0.25) is 0 Å². The Morgan fingerprint density at radius 3 is 2.20 bits per heavy atom. The monoisotopic (exact) mass is 381 g/mol. The Labute approximate surface area is 106 Å². The van der Waals surface area contributed by atoms with Gasteiger partial charge < -0.3 is 12.5 Å². The predicted octanol–water partition coefficient (Wildman–Crippen LogP) is 3.31. The van der Waals surface area contributed by atoms with E-state index < -0.39 is 0 Å². The molecule has 0 heterocycles. The Bertz CT molecular complexity index is 398. The van der Waals surface area contributed by atoms with Crippen molar-refractivity contribution in [2.75, 3.05) is 0 Å². The molecule has 0 aliphatic carbocycles. The van der Waals surface area contributed by atoms with Crippen molar-refractivity contribution < 1.29 is 27.5 Å². The number of hydrogen-bond donors (Lipinski definition) is 1. The van der Waals surface area contributed by atoms with Crippen LogP contribution in [0, 0.1) is 13.5 Å². The minimum absolute atomic E-state index is 0. The largest absolute Gasteiger partial charge is 0.533 e. The summed E-state index contributed by atoms with van der Waals surface area (Å²) in [6.45, 7) is 0. The molecule has 0 saturated heterocycles. The van der Waals surface area contributed by atoms with Crippen molar-refractivity contribution in [3.8, 4) is 16.9 Å². The predicted molar refractivity (Wildman–Crippen MR) is 58.8 cm³/mol. The van der Waals surface area contributed by atoms with Crippen LogP contribution in [0.4, 0.5) is 0 Å². The van der Waals surface area contributed by atoms with Crippen molar-refractivity contribution >= 4 is 0 Å². The summed E-state index contributed by atoms with van der Waals surface area (Å²) in [4.78, 5) is 0. The fourth-order valence-electron chi connectivity index (χ4n) is 1.28. The van der Waals surface area contributed by atoms with Crippen molar-refractivity contribution in [2.24, 2.45) is 0 Å². The molecule has 0 aliphatic rings. The summed E-state index contributed by atoms with van der Waals surface area (Å²) in [5.74, 6) is 0.203. The molecule has 0 unspecified atom stereocenters. The molecule has 1 N–H and O–H groups in total. The molecule has 0 aliphatic heterocycles.